The van der Waals surface area contributed by atoms with Crippen LogP contribution in [-0.4, -0.2) is 30.9 Å². The molecule has 8 heteroatoms. The molecule has 1 aliphatic rings. The molecule has 0 radical (unpaired) electrons. The highest BCUT2D eigenvalue weighted by Gasteiger charge is 2.16. The maximum atomic E-state index is 11.4. The lowest BCUT2D eigenvalue weighted by Crippen LogP contribution is -2.06. The van der Waals surface area contributed by atoms with E-state index in [1.54, 1.807) is 18.2 Å². The molecular weight excluding hydrogens is 288 g/mol. The number of carbonyl (C=O) groups excluding carboxylic acids is 1. The third kappa shape index (κ3) is 3.00. The van der Waals surface area contributed by atoms with Crippen LogP contribution in [0.1, 0.15) is 0 Å². The van der Waals surface area contributed by atoms with Crippen LogP contribution in [0.5, 0.6) is 11.5 Å². The molecule has 1 aromatic carbocycles. The Morgan fingerprint density at radius 1 is 1.45 bits per heavy atom. The topological polar surface area (TPSA) is 89.7 Å². The Balaban J connectivity index is 2.24. The van der Waals surface area contributed by atoms with Crippen LogP contribution in [0.2, 0.25) is 0 Å². The van der Waals surface area contributed by atoms with Crippen molar-refractivity contribution in [1.29, 1.82) is 0 Å². The van der Waals surface area contributed by atoms with Crippen LogP contribution in [0.15, 0.2) is 39.9 Å². The van der Waals surface area contributed by atoms with Crippen molar-refractivity contribution in [1.82, 2.24) is 0 Å². The quantitative estimate of drug-likeness (QED) is 0.303. The maximum Gasteiger partial charge on any atom is 0.362 e. The normalized spacial score (nSPS) is 14.3. The minimum atomic E-state index is -0.826. The van der Waals surface area contributed by atoms with Crippen LogP contribution in [0.25, 0.3) is 0 Å². The summed E-state index contributed by atoms with van der Waals surface area (Å²) in [6.07, 6.45) is 0. The highest BCUT2D eigenvalue weighted by molar-refractivity contribution is 6.19. The largest absolute Gasteiger partial charge is 0.508 e. The third-order valence-electron chi connectivity index (χ3n) is 2.40. The van der Waals surface area contributed by atoms with Crippen LogP contribution in [0, 0.1) is 0 Å². The van der Waals surface area contributed by atoms with Crippen molar-refractivity contribution in [3.63, 3.8) is 0 Å². The van der Waals surface area contributed by atoms with E-state index in [-0.39, 0.29) is 18.4 Å². The number of ether oxygens (including phenoxy) is 3. The summed E-state index contributed by atoms with van der Waals surface area (Å²) in [5, 5.41) is 17.0. The number of nitrogens with zero attached hydrogens (tertiary/aromatic N) is 2. The van der Waals surface area contributed by atoms with Gasteiger partial charge in [-0.25, -0.2) is 4.79 Å². The molecule has 0 unspecified atom stereocenters. The van der Waals surface area contributed by atoms with Gasteiger partial charge in [-0.2, -0.15) is 5.11 Å². The number of aliphatic hydroxyl groups is 1. The summed E-state index contributed by atoms with van der Waals surface area (Å²) < 4.78 is 14.8. The Morgan fingerprint density at radius 3 is 2.90 bits per heavy atom. The second kappa shape index (κ2) is 6.25. The molecular formula is C12H11ClN2O5. The fourth-order valence-corrected chi connectivity index (χ4v) is 1.56. The zero-order valence-corrected chi connectivity index (χ0v) is 11.3. The highest BCUT2D eigenvalue weighted by atomic mass is 35.5. The molecule has 20 heavy (non-hydrogen) atoms. The molecule has 0 amide bonds. The van der Waals surface area contributed by atoms with Crippen LogP contribution in [-0.2, 0) is 9.53 Å². The van der Waals surface area contributed by atoms with E-state index >= 15 is 0 Å². The fourth-order valence-electron chi connectivity index (χ4n) is 1.43. The first kappa shape index (κ1) is 14.1. The third-order valence-corrected chi connectivity index (χ3v) is 2.65. The van der Waals surface area contributed by atoms with Gasteiger partial charge in [-0.05, 0) is 12.1 Å². The van der Waals surface area contributed by atoms with Crippen LogP contribution < -0.4 is 9.47 Å². The summed E-state index contributed by atoms with van der Waals surface area (Å²) >= 11 is 5.45. The Bertz CT molecular complexity index is 585. The average molecular weight is 299 g/mol. The first-order valence-corrected chi connectivity index (χ1v) is 6.07. The lowest BCUT2D eigenvalue weighted by molar-refractivity contribution is -0.136. The predicted octanol–water partition coefficient (Wildman–Crippen LogP) is 2.68. The van der Waals surface area contributed by atoms with Gasteiger partial charge in [0.25, 0.3) is 0 Å². The lowest BCUT2D eigenvalue weighted by atomic mass is 10.3. The maximum absolute atomic E-state index is 11.4. The summed E-state index contributed by atoms with van der Waals surface area (Å²) in [6.45, 7) is 0.149. The summed E-state index contributed by atoms with van der Waals surface area (Å²) in [6, 6.07) is 4.89. The molecule has 0 saturated carbocycles. The van der Waals surface area contributed by atoms with Crippen LogP contribution in [0.4, 0.5) is 5.69 Å². The van der Waals surface area contributed by atoms with E-state index in [1.807, 2.05) is 0 Å². The minimum Gasteiger partial charge on any atom is -0.508 e. The standard InChI is InChI=1S/C12H11ClN2O5/c1-18-12(17)11(8(16)5-13)15-14-7-2-3-9-10(4-7)20-6-19-9/h2-4,16H,5-6H2,1H3/b11-8-,15-14?. The zero-order valence-electron chi connectivity index (χ0n) is 10.5. The number of rotatable bonds is 4. The van der Waals surface area contributed by atoms with Gasteiger partial charge in [0.05, 0.1) is 18.7 Å². The van der Waals surface area contributed by atoms with Gasteiger partial charge in [-0.15, -0.1) is 16.7 Å². The van der Waals surface area contributed by atoms with Gasteiger partial charge in [0.1, 0.15) is 5.76 Å². The monoisotopic (exact) mass is 298 g/mol. The predicted molar refractivity (Wildman–Crippen MR) is 69.5 cm³/mol. The summed E-state index contributed by atoms with van der Waals surface area (Å²) in [5.74, 6) is -0.372. The molecule has 2 rings (SSSR count). The van der Waals surface area contributed by atoms with Gasteiger partial charge >= 0.3 is 5.97 Å². The van der Waals surface area contributed by atoms with E-state index in [0.29, 0.717) is 17.2 Å². The van der Waals surface area contributed by atoms with Crippen molar-refractivity contribution >= 4 is 23.3 Å². The highest BCUT2D eigenvalue weighted by Crippen LogP contribution is 2.35. The van der Waals surface area contributed by atoms with E-state index in [4.69, 9.17) is 21.1 Å². The molecule has 0 bridgehead atoms. The molecule has 0 saturated heterocycles. The first-order chi connectivity index (χ1) is 9.65. The van der Waals surface area contributed by atoms with Crippen LogP contribution >= 0.6 is 11.6 Å². The number of hydrogen-bond donors (Lipinski definition) is 1. The average Bonchev–Trinajstić information content (AvgIpc) is 2.94. The number of benzene rings is 1. The molecule has 1 aromatic rings. The molecule has 1 aliphatic heterocycles. The van der Waals surface area contributed by atoms with E-state index in [2.05, 4.69) is 15.0 Å². The number of fused-ring (bicyclic) bond motifs is 1. The number of carbonyl (C=O) groups is 1. The van der Waals surface area contributed by atoms with Crippen molar-refractivity contribution in [2.45, 2.75) is 0 Å². The number of azo groups is 1. The molecule has 1 heterocycles. The number of esters is 1. The minimum absolute atomic E-state index is 0.149. The Kier molecular flexibility index (Phi) is 4.41. The molecule has 7 nitrogen and oxygen atoms in total. The number of halogens is 1. The van der Waals surface area contributed by atoms with E-state index < -0.39 is 11.7 Å². The van der Waals surface area contributed by atoms with Gasteiger partial charge in [-0.1, -0.05) is 0 Å². The number of methoxy groups -OCH3 is 1. The van der Waals surface area contributed by atoms with Gasteiger partial charge < -0.3 is 19.3 Å². The van der Waals surface area contributed by atoms with Crippen molar-refractivity contribution < 1.29 is 24.1 Å². The lowest BCUT2D eigenvalue weighted by Gasteiger charge is -2.01. The van der Waals surface area contributed by atoms with Crippen molar-refractivity contribution in [2.75, 3.05) is 19.8 Å². The Labute approximate surface area is 119 Å². The number of aliphatic hydroxyl groups excluding tert-OH is 1. The summed E-state index contributed by atoms with van der Waals surface area (Å²) in [7, 11) is 1.17. The molecule has 0 aliphatic carbocycles. The molecule has 106 valence electrons. The first-order valence-electron chi connectivity index (χ1n) is 5.53. The van der Waals surface area contributed by atoms with Gasteiger partial charge in [-0.3, -0.25) is 0 Å². The molecule has 0 spiro atoms. The fraction of sp³-hybridized carbons (Fsp3) is 0.250. The van der Waals surface area contributed by atoms with E-state index in [0.717, 1.165) is 0 Å². The van der Waals surface area contributed by atoms with Gasteiger partial charge in [0.2, 0.25) is 12.5 Å². The van der Waals surface area contributed by atoms with Crippen molar-refractivity contribution in [2.24, 2.45) is 10.2 Å². The van der Waals surface area contributed by atoms with E-state index in [1.165, 1.54) is 7.11 Å². The Morgan fingerprint density at radius 2 is 2.20 bits per heavy atom. The van der Waals surface area contributed by atoms with Crippen LogP contribution in [0.3, 0.4) is 0 Å². The van der Waals surface area contributed by atoms with Gasteiger partial charge in [0.15, 0.2) is 11.5 Å². The zero-order chi connectivity index (χ0) is 14.5. The summed E-state index contributed by atoms with van der Waals surface area (Å²) in [4.78, 5) is 11.4. The van der Waals surface area contributed by atoms with E-state index in [9.17, 15) is 9.90 Å². The number of hydrogen-bond acceptors (Lipinski definition) is 7. The summed E-state index contributed by atoms with van der Waals surface area (Å²) in [5.41, 5.74) is 0.0817. The number of allylic oxidation sites excluding steroid dienone is 1. The second-order valence-electron chi connectivity index (χ2n) is 3.66. The SMILES string of the molecule is COC(=O)/C(N=Nc1ccc2c(c1)OCO2)=C(/O)CCl. The van der Waals surface area contributed by atoms with Gasteiger partial charge in [0, 0.05) is 6.07 Å². The number of alkyl halides is 1. The Hall–Kier alpha value is -2.28. The smallest absolute Gasteiger partial charge is 0.362 e. The molecule has 0 aromatic heterocycles. The van der Waals surface area contributed by atoms with Crippen molar-refractivity contribution in [3.05, 3.63) is 29.7 Å². The molecule has 0 fully saturated rings. The van der Waals surface area contributed by atoms with Crippen molar-refractivity contribution in [3.8, 4) is 11.5 Å². The molecule has 1 N–H and O–H groups in total. The molecule has 0 atom stereocenters. The second-order valence-corrected chi connectivity index (χ2v) is 3.93.